The Bertz CT molecular complexity index is 828. The van der Waals surface area contributed by atoms with Crippen LogP contribution >= 0.6 is 0 Å². The summed E-state index contributed by atoms with van der Waals surface area (Å²) in [4.78, 5) is 0. The van der Waals surface area contributed by atoms with Crippen LogP contribution < -0.4 is 14.2 Å². The molecule has 8 heteroatoms. The number of benzene rings is 2. The normalized spacial score (nSPS) is 21.3. The third-order valence-corrected chi connectivity index (χ3v) is 5.25. The molecule has 3 atom stereocenters. The van der Waals surface area contributed by atoms with Crippen molar-refractivity contribution in [3.05, 3.63) is 41.5 Å². The fourth-order valence-electron chi connectivity index (χ4n) is 3.72. The van der Waals surface area contributed by atoms with Crippen LogP contribution in [0.2, 0.25) is 0 Å². The third-order valence-electron chi connectivity index (χ3n) is 5.25. The van der Waals surface area contributed by atoms with Gasteiger partial charge < -0.3 is 39.4 Å². The Morgan fingerprint density at radius 3 is 2.33 bits per heavy atom. The van der Waals surface area contributed by atoms with Gasteiger partial charge in [-0.25, -0.2) is 0 Å². The molecule has 4 N–H and O–H groups in total. The molecule has 2 aromatic carbocycles. The van der Waals surface area contributed by atoms with Crippen molar-refractivity contribution in [2.75, 3.05) is 21.0 Å². The van der Waals surface area contributed by atoms with Crippen molar-refractivity contribution in [2.24, 2.45) is 0 Å². The largest absolute Gasteiger partial charge is 0.504 e. The standard InChI is InChI=1S/C22H28O8/c1-27-20-8-14(9-21(28-2)22(20)26)18-11-15(24)10-16(30-18)5-3-13-4-6-17(25)19(7-13)29-12-23/h4,6-9,15-16,18,23-26H,3,5,10-12H2,1-2H3. The Labute approximate surface area is 175 Å². The molecule has 30 heavy (non-hydrogen) atoms. The number of hydrogen-bond acceptors (Lipinski definition) is 8. The van der Waals surface area contributed by atoms with Gasteiger partial charge in [0.25, 0.3) is 0 Å². The number of phenolic OH excluding ortho intramolecular Hbond substituents is 2. The van der Waals surface area contributed by atoms with E-state index in [9.17, 15) is 15.3 Å². The molecule has 1 saturated heterocycles. The number of aliphatic hydroxyl groups is 2. The molecule has 1 aliphatic heterocycles. The van der Waals surface area contributed by atoms with Gasteiger partial charge in [0, 0.05) is 6.42 Å². The predicted molar refractivity (Wildman–Crippen MR) is 108 cm³/mol. The van der Waals surface area contributed by atoms with E-state index in [4.69, 9.17) is 24.1 Å². The highest BCUT2D eigenvalue weighted by atomic mass is 16.6. The summed E-state index contributed by atoms with van der Waals surface area (Å²) in [7, 11) is 2.92. The molecule has 0 radical (unpaired) electrons. The van der Waals surface area contributed by atoms with Crippen LogP contribution in [0.5, 0.6) is 28.7 Å². The molecule has 8 nitrogen and oxygen atoms in total. The molecule has 3 rings (SSSR count). The molecule has 0 amide bonds. The molecule has 0 aliphatic carbocycles. The first-order valence-corrected chi connectivity index (χ1v) is 9.79. The number of hydrogen-bond donors (Lipinski definition) is 4. The summed E-state index contributed by atoms with van der Waals surface area (Å²) >= 11 is 0. The van der Waals surface area contributed by atoms with Crippen molar-refractivity contribution >= 4 is 0 Å². The fourth-order valence-corrected chi connectivity index (χ4v) is 3.72. The number of aliphatic hydroxyl groups excluding tert-OH is 2. The summed E-state index contributed by atoms with van der Waals surface area (Å²) in [5.74, 6) is 0.674. The zero-order valence-corrected chi connectivity index (χ0v) is 17.1. The average molecular weight is 420 g/mol. The molecule has 1 heterocycles. The van der Waals surface area contributed by atoms with Crippen molar-refractivity contribution in [1.82, 2.24) is 0 Å². The Hall–Kier alpha value is -2.68. The second kappa shape index (κ2) is 9.88. The molecule has 1 fully saturated rings. The number of ether oxygens (including phenoxy) is 4. The molecule has 0 saturated carbocycles. The minimum atomic E-state index is -0.521. The summed E-state index contributed by atoms with van der Waals surface area (Å²) < 4.78 is 21.7. The van der Waals surface area contributed by atoms with Gasteiger partial charge in [-0.1, -0.05) is 6.07 Å². The van der Waals surface area contributed by atoms with Gasteiger partial charge in [0.2, 0.25) is 5.75 Å². The van der Waals surface area contributed by atoms with E-state index in [2.05, 4.69) is 0 Å². The van der Waals surface area contributed by atoms with Crippen LogP contribution in [0.3, 0.4) is 0 Å². The maximum absolute atomic E-state index is 10.4. The number of phenols is 2. The summed E-state index contributed by atoms with van der Waals surface area (Å²) in [6.07, 6.45) is 1.18. The molecule has 164 valence electrons. The van der Waals surface area contributed by atoms with E-state index >= 15 is 0 Å². The minimum Gasteiger partial charge on any atom is -0.504 e. The molecule has 3 unspecified atom stereocenters. The lowest BCUT2D eigenvalue weighted by atomic mass is 9.93. The maximum atomic E-state index is 10.4. The topological polar surface area (TPSA) is 118 Å². The van der Waals surface area contributed by atoms with Gasteiger partial charge >= 0.3 is 0 Å². The van der Waals surface area contributed by atoms with Crippen molar-refractivity contribution < 1.29 is 39.4 Å². The van der Waals surface area contributed by atoms with Crippen LogP contribution in [0, 0.1) is 0 Å². The number of aryl methyl sites for hydroxylation is 1. The Balaban J connectivity index is 1.71. The lowest BCUT2D eigenvalue weighted by Gasteiger charge is -2.34. The first-order chi connectivity index (χ1) is 14.4. The van der Waals surface area contributed by atoms with Crippen LogP contribution in [-0.2, 0) is 11.2 Å². The average Bonchev–Trinajstić information content (AvgIpc) is 2.74. The van der Waals surface area contributed by atoms with Gasteiger partial charge in [-0.3, -0.25) is 0 Å². The van der Waals surface area contributed by atoms with Gasteiger partial charge in [-0.2, -0.15) is 0 Å². The predicted octanol–water partition coefficient (Wildman–Crippen LogP) is 2.66. The van der Waals surface area contributed by atoms with E-state index in [0.717, 1.165) is 11.1 Å². The van der Waals surface area contributed by atoms with Crippen LogP contribution in [0.4, 0.5) is 0 Å². The maximum Gasteiger partial charge on any atom is 0.200 e. The van der Waals surface area contributed by atoms with Crippen LogP contribution in [0.25, 0.3) is 0 Å². The van der Waals surface area contributed by atoms with Gasteiger partial charge in [0.05, 0.1) is 32.5 Å². The molecule has 0 aromatic heterocycles. The van der Waals surface area contributed by atoms with Gasteiger partial charge in [0.1, 0.15) is 0 Å². The first-order valence-electron chi connectivity index (χ1n) is 9.79. The van der Waals surface area contributed by atoms with Gasteiger partial charge in [0.15, 0.2) is 29.8 Å². The quantitative estimate of drug-likeness (QED) is 0.482. The van der Waals surface area contributed by atoms with E-state index in [1.807, 2.05) is 0 Å². The smallest absolute Gasteiger partial charge is 0.200 e. The van der Waals surface area contributed by atoms with E-state index in [1.54, 1.807) is 24.3 Å². The monoisotopic (exact) mass is 420 g/mol. The van der Waals surface area contributed by atoms with Crippen molar-refractivity contribution in [2.45, 2.75) is 44.0 Å². The Morgan fingerprint density at radius 2 is 1.70 bits per heavy atom. The fraction of sp³-hybridized carbons (Fsp3) is 0.455. The second-order valence-electron chi connectivity index (χ2n) is 7.26. The molecular weight excluding hydrogens is 392 g/mol. The number of methoxy groups -OCH3 is 2. The summed E-state index contributed by atoms with van der Waals surface area (Å²) in [5.41, 5.74) is 1.68. The number of aromatic hydroxyl groups is 2. The van der Waals surface area contributed by atoms with Crippen molar-refractivity contribution in [1.29, 1.82) is 0 Å². The van der Waals surface area contributed by atoms with Gasteiger partial charge in [-0.15, -0.1) is 0 Å². The van der Waals surface area contributed by atoms with Crippen molar-refractivity contribution in [3.8, 4) is 28.7 Å². The van der Waals surface area contributed by atoms with E-state index in [1.165, 1.54) is 20.3 Å². The highest BCUT2D eigenvalue weighted by molar-refractivity contribution is 5.53. The summed E-state index contributed by atoms with van der Waals surface area (Å²) in [5, 5.41) is 39.2. The zero-order chi connectivity index (χ0) is 21.7. The van der Waals surface area contributed by atoms with E-state index < -0.39 is 12.9 Å². The highest BCUT2D eigenvalue weighted by Gasteiger charge is 2.30. The second-order valence-corrected chi connectivity index (χ2v) is 7.26. The highest BCUT2D eigenvalue weighted by Crippen LogP contribution is 2.42. The van der Waals surface area contributed by atoms with Crippen molar-refractivity contribution in [3.63, 3.8) is 0 Å². The van der Waals surface area contributed by atoms with Crippen LogP contribution in [-0.4, -0.2) is 53.6 Å². The molecule has 2 aromatic rings. The Kier molecular flexibility index (Phi) is 7.25. The zero-order valence-electron chi connectivity index (χ0n) is 17.1. The molecule has 0 bridgehead atoms. The van der Waals surface area contributed by atoms with Crippen LogP contribution in [0.1, 0.15) is 36.5 Å². The minimum absolute atomic E-state index is 0.0348. The Morgan fingerprint density at radius 1 is 1.00 bits per heavy atom. The molecule has 1 aliphatic rings. The number of rotatable bonds is 8. The SMILES string of the molecule is COc1cc(C2CC(O)CC(CCc3ccc(O)c(OCO)c3)O2)cc(OC)c1O. The summed E-state index contributed by atoms with van der Waals surface area (Å²) in [6, 6.07) is 8.37. The first kappa shape index (κ1) is 22.0. The van der Waals surface area contributed by atoms with Crippen LogP contribution in [0.15, 0.2) is 30.3 Å². The molecule has 0 spiro atoms. The summed E-state index contributed by atoms with van der Waals surface area (Å²) in [6.45, 7) is -0.518. The lowest BCUT2D eigenvalue weighted by Crippen LogP contribution is -2.31. The lowest BCUT2D eigenvalue weighted by molar-refractivity contribution is -0.0999. The van der Waals surface area contributed by atoms with Gasteiger partial charge in [-0.05, 0) is 54.7 Å². The van der Waals surface area contributed by atoms with E-state index in [-0.39, 0.29) is 41.0 Å². The third kappa shape index (κ3) is 5.08. The molecular formula is C22H28O8. The van der Waals surface area contributed by atoms with E-state index in [0.29, 0.717) is 25.7 Å².